The molecule has 1 amide bonds. The van der Waals surface area contributed by atoms with E-state index in [0.29, 0.717) is 5.75 Å². The minimum atomic E-state index is -0.317. The lowest BCUT2D eigenvalue weighted by Gasteiger charge is -2.29. The number of rotatable bonds is 1. The lowest BCUT2D eigenvalue weighted by Crippen LogP contribution is -2.35. The first-order valence-electron chi connectivity index (χ1n) is 8.45. The van der Waals surface area contributed by atoms with E-state index in [0.717, 1.165) is 41.0 Å². The monoisotopic (exact) mass is 336 g/mol. The molecule has 0 radical (unpaired) electrons. The van der Waals surface area contributed by atoms with Crippen molar-refractivity contribution in [2.75, 3.05) is 18.6 Å². The molecule has 5 heteroatoms. The molecule has 0 bridgehead atoms. The summed E-state index contributed by atoms with van der Waals surface area (Å²) in [5.41, 5.74) is 3.73. The summed E-state index contributed by atoms with van der Waals surface area (Å²) >= 11 is 0. The normalized spacial score (nSPS) is 18.4. The Hall–Kier alpha value is -2.69. The fourth-order valence-electron chi connectivity index (χ4n) is 3.40. The number of hydrogen-bond acceptors (Lipinski definition) is 4. The van der Waals surface area contributed by atoms with Crippen LogP contribution in [0, 0.1) is 5.41 Å². The van der Waals surface area contributed by atoms with E-state index in [1.165, 1.54) is 0 Å². The van der Waals surface area contributed by atoms with Crippen molar-refractivity contribution in [1.29, 1.82) is 0 Å². The van der Waals surface area contributed by atoms with Gasteiger partial charge in [-0.1, -0.05) is 13.8 Å². The van der Waals surface area contributed by atoms with Crippen molar-refractivity contribution in [3.63, 3.8) is 0 Å². The van der Waals surface area contributed by atoms with Crippen LogP contribution in [0.15, 0.2) is 30.3 Å². The van der Waals surface area contributed by atoms with Crippen LogP contribution in [0.4, 0.5) is 5.69 Å². The predicted molar refractivity (Wildman–Crippen MR) is 95.0 cm³/mol. The average molecular weight is 336 g/mol. The van der Waals surface area contributed by atoms with Gasteiger partial charge >= 0.3 is 0 Å². The highest BCUT2D eigenvalue weighted by molar-refractivity contribution is 6.02. The highest BCUT2D eigenvalue weighted by Gasteiger charge is 2.35. The number of anilines is 1. The molecule has 0 N–H and O–H groups in total. The van der Waals surface area contributed by atoms with E-state index in [-0.39, 0.29) is 23.7 Å². The number of pyridine rings is 1. The fraction of sp³-hybridized carbons (Fsp3) is 0.350. The smallest absolute Gasteiger partial charge is 0.264 e. The van der Waals surface area contributed by atoms with Gasteiger partial charge in [0.2, 0.25) is 0 Å². The van der Waals surface area contributed by atoms with E-state index in [2.05, 4.69) is 0 Å². The number of amides is 1. The largest absolute Gasteiger partial charge is 0.482 e. The van der Waals surface area contributed by atoms with Gasteiger partial charge in [-0.05, 0) is 43.2 Å². The lowest BCUT2D eigenvalue weighted by molar-refractivity contribution is -0.120. The Kier molecular flexibility index (Phi) is 3.42. The molecule has 2 aliphatic rings. The molecule has 4 rings (SSSR count). The van der Waals surface area contributed by atoms with Crippen LogP contribution in [0.3, 0.4) is 0 Å². The van der Waals surface area contributed by atoms with E-state index in [9.17, 15) is 9.59 Å². The molecule has 0 atom stereocenters. The van der Waals surface area contributed by atoms with Crippen LogP contribution < -0.4 is 9.64 Å². The maximum atomic E-state index is 12.6. The highest BCUT2D eigenvalue weighted by atomic mass is 16.5. The van der Waals surface area contributed by atoms with Crippen molar-refractivity contribution < 1.29 is 14.3 Å². The van der Waals surface area contributed by atoms with Crippen molar-refractivity contribution in [3.8, 4) is 17.0 Å². The number of carbonyl (C=O) groups is 2. The second kappa shape index (κ2) is 5.41. The van der Waals surface area contributed by atoms with Crippen LogP contribution in [0.25, 0.3) is 11.3 Å². The number of ether oxygens (including phenoxy) is 1. The van der Waals surface area contributed by atoms with E-state index in [4.69, 9.17) is 9.72 Å². The molecule has 1 aliphatic heterocycles. The maximum absolute atomic E-state index is 12.6. The van der Waals surface area contributed by atoms with Crippen molar-refractivity contribution in [2.45, 2.75) is 26.7 Å². The van der Waals surface area contributed by atoms with Crippen molar-refractivity contribution in [3.05, 3.63) is 41.6 Å². The number of benzene rings is 1. The van der Waals surface area contributed by atoms with Gasteiger partial charge in [0.1, 0.15) is 5.75 Å². The molecule has 2 heterocycles. The summed E-state index contributed by atoms with van der Waals surface area (Å²) in [6, 6.07) is 9.47. The van der Waals surface area contributed by atoms with Crippen LogP contribution in [-0.4, -0.2) is 30.3 Å². The molecule has 128 valence electrons. The van der Waals surface area contributed by atoms with E-state index >= 15 is 0 Å². The summed E-state index contributed by atoms with van der Waals surface area (Å²) in [6.07, 6.45) is 1.61. The zero-order chi connectivity index (χ0) is 17.8. The first-order chi connectivity index (χ1) is 11.9. The van der Waals surface area contributed by atoms with Gasteiger partial charge in [0.25, 0.3) is 5.91 Å². The molecule has 0 saturated heterocycles. The number of nitrogens with zero attached hydrogens (tertiary/aromatic N) is 2. The molecular formula is C20H20N2O3. The molecule has 2 aromatic rings. The number of fused-ring (bicyclic) bond motifs is 2. The Morgan fingerprint density at radius 1 is 1.16 bits per heavy atom. The van der Waals surface area contributed by atoms with Crippen LogP contribution in [0.1, 0.15) is 36.3 Å². The summed E-state index contributed by atoms with van der Waals surface area (Å²) in [5, 5.41) is 0. The number of carbonyl (C=O) groups excluding carboxylic acids is 2. The van der Waals surface area contributed by atoms with Gasteiger partial charge in [-0.15, -0.1) is 0 Å². The summed E-state index contributed by atoms with van der Waals surface area (Å²) in [5.74, 6) is 0.786. The quantitative estimate of drug-likeness (QED) is 0.802. The van der Waals surface area contributed by atoms with Gasteiger partial charge in [0, 0.05) is 23.6 Å². The first kappa shape index (κ1) is 15.8. The number of Topliss-reactive ketones (excluding diaryl/α,β-unsaturated/α-hetero) is 1. The Morgan fingerprint density at radius 3 is 2.76 bits per heavy atom. The number of aromatic nitrogens is 1. The Balaban J connectivity index is 1.75. The van der Waals surface area contributed by atoms with Crippen molar-refractivity contribution >= 4 is 17.4 Å². The lowest BCUT2D eigenvalue weighted by atomic mass is 9.75. The number of hydrogen-bond donors (Lipinski definition) is 0. The molecule has 5 nitrogen and oxygen atoms in total. The zero-order valence-corrected chi connectivity index (χ0v) is 14.6. The first-order valence-corrected chi connectivity index (χ1v) is 8.45. The molecule has 1 aromatic carbocycles. The topological polar surface area (TPSA) is 59.5 Å². The number of ketones is 1. The fourth-order valence-corrected chi connectivity index (χ4v) is 3.40. The summed E-state index contributed by atoms with van der Waals surface area (Å²) < 4.78 is 5.47. The molecule has 0 saturated carbocycles. The van der Waals surface area contributed by atoms with E-state index < -0.39 is 0 Å². The van der Waals surface area contributed by atoms with Crippen molar-refractivity contribution in [1.82, 2.24) is 4.98 Å². The predicted octanol–water partition coefficient (Wildman–Crippen LogP) is 3.26. The molecule has 0 fully saturated rings. The van der Waals surface area contributed by atoms with Gasteiger partial charge in [-0.3, -0.25) is 14.6 Å². The zero-order valence-electron chi connectivity index (χ0n) is 14.6. The molecule has 0 spiro atoms. The highest BCUT2D eigenvalue weighted by Crippen LogP contribution is 2.37. The second-order valence-corrected chi connectivity index (χ2v) is 7.33. The summed E-state index contributed by atoms with van der Waals surface area (Å²) in [4.78, 5) is 30.7. The summed E-state index contributed by atoms with van der Waals surface area (Å²) in [7, 11) is 1.74. The molecule has 25 heavy (non-hydrogen) atoms. The third-order valence-electron chi connectivity index (χ3n) is 5.16. The minimum absolute atomic E-state index is 0.0673. The third-order valence-corrected chi connectivity index (χ3v) is 5.16. The SMILES string of the molecule is CN1C(=O)COc2ccc(-c3ccc4c(n3)CCC(C)(C)C4=O)cc21. The standard InChI is InChI=1S/C20H20N2O3/c1-20(2)9-8-15-13(19(20)24)5-6-14(21-15)12-4-7-17-16(10-12)22(3)18(23)11-25-17/h4-7,10H,8-9,11H2,1-3H3. The van der Waals surface area contributed by atoms with E-state index in [1.54, 1.807) is 11.9 Å². The second-order valence-electron chi connectivity index (χ2n) is 7.33. The average Bonchev–Trinajstić information content (AvgIpc) is 2.61. The Labute approximate surface area is 146 Å². The minimum Gasteiger partial charge on any atom is -0.482 e. The maximum Gasteiger partial charge on any atom is 0.264 e. The van der Waals surface area contributed by atoms with Gasteiger partial charge in [0.05, 0.1) is 17.1 Å². The molecule has 0 unspecified atom stereocenters. The number of likely N-dealkylation sites (N-methyl/N-ethyl adjacent to an activating group) is 1. The third kappa shape index (κ3) is 2.51. The van der Waals surface area contributed by atoms with Gasteiger partial charge in [0.15, 0.2) is 12.4 Å². The van der Waals surface area contributed by atoms with Gasteiger partial charge in [-0.25, -0.2) is 0 Å². The molecule has 1 aliphatic carbocycles. The molecular weight excluding hydrogens is 316 g/mol. The van der Waals surface area contributed by atoms with Gasteiger partial charge in [-0.2, -0.15) is 0 Å². The van der Waals surface area contributed by atoms with Crippen LogP contribution in [0.5, 0.6) is 5.75 Å². The Morgan fingerprint density at radius 2 is 1.96 bits per heavy atom. The van der Waals surface area contributed by atoms with Crippen LogP contribution in [0.2, 0.25) is 0 Å². The molecule has 1 aromatic heterocycles. The van der Waals surface area contributed by atoms with E-state index in [1.807, 2.05) is 44.2 Å². The van der Waals surface area contributed by atoms with Gasteiger partial charge < -0.3 is 9.64 Å². The van der Waals surface area contributed by atoms with Crippen LogP contribution >= 0.6 is 0 Å². The van der Waals surface area contributed by atoms with Crippen LogP contribution in [-0.2, 0) is 11.2 Å². The summed E-state index contributed by atoms with van der Waals surface area (Å²) in [6.45, 7) is 4.04. The Bertz CT molecular complexity index is 902. The van der Waals surface area contributed by atoms with Crippen molar-refractivity contribution in [2.24, 2.45) is 5.41 Å². The number of aryl methyl sites for hydroxylation is 1.